The number of rotatable bonds is 4. The third-order valence-electron chi connectivity index (χ3n) is 3.18. The van der Waals surface area contributed by atoms with Crippen LogP contribution in [0.25, 0.3) is 0 Å². The second-order valence-electron chi connectivity index (χ2n) is 4.61. The lowest BCUT2D eigenvalue weighted by Gasteiger charge is -2.12. The van der Waals surface area contributed by atoms with Crippen LogP contribution in [0.3, 0.4) is 0 Å². The molecular weight excluding hydrogens is 322 g/mol. The summed E-state index contributed by atoms with van der Waals surface area (Å²) in [4.78, 5) is 10.5. The summed E-state index contributed by atoms with van der Waals surface area (Å²) in [5.74, 6) is 0. The van der Waals surface area contributed by atoms with Crippen molar-refractivity contribution in [3.8, 4) is 0 Å². The summed E-state index contributed by atoms with van der Waals surface area (Å²) in [5, 5.41) is 21.2. The summed E-state index contributed by atoms with van der Waals surface area (Å²) < 4.78 is 0.914. The Labute approximate surface area is 125 Å². The van der Waals surface area contributed by atoms with Crippen LogP contribution < -0.4 is 0 Å². The molecule has 0 radical (unpaired) electrons. The molecule has 1 N–H and O–H groups in total. The molecule has 0 aliphatic heterocycles. The van der Waals surface area contributed by atoms with E-state index in [-0.39, 0.29) is 12.1 Å². The van der Waals surface area contributed by atoms with Crippen molar-refractivity contribution in [1.82, 2.24) is 0 Å². The summed E-state index contributed by atoms with van der Waals surface area (Å²) in [5.41, 5.74) is 2.38. The molecule has 0 fully saturated rings. The van der Waals surface area contributed by atoms with E-state index in [4.69, 9.17) is 0 Å². The van der Waals surface area contributed by atoms with Gasteiger partial charge in [-0.3, -0.25) is 10.1 Å². The number of aryl methyl sites for hydroxylation is 1. The van der Waals surface area contributed by atoms with Crippen LogP contribution in [-0.4, -0.2) is 10.0 Å². The second-order valence-corrected chi connectivity index (χ2v) is 5.47. The molecule has 0 aromatic heterocycles. The Morgan fingerprint density at radius 2 is 2.00 bits per heavy atom. The van der Waals surface area contributed by atoms with Crippen LogP contribution >= 0.6 is 15.9 Å². The summed E-state index contributed by atoms with van der Waals surface area (Å²) >= 11 is 3.42. The van der Waals surface area contributed by atoms with Crippen molar-refractivity contribution in [3.05, 3.63) is 73.7 Å². The van der Waals surface area contributed by atoms with Gasteiger partial charge in [0, 0.05) is 22.5 Å². The fourth-order valence-electron chi connectivity index (χ4n) is 2.00. The predicted molar refractivity (Wildman–Crippen MR) is 80.6 cm³/mol. The van der Waals surface area contributed by atoms with Crippen LogP contribution in [-0.2, 0) is 6.42 Å². The van der Waals surface area contributed by atoms with Gasteiger partial charge < -0.3 is 5.11 Å². The molecule has 20 heavy (non-hydrogen) atoms. The zero-order valence-corrected chi connectivity index (χ0v) is 12.5. The molecule has 2 rings (SSSR count). The molecule has 1 atom stereocenters. The van der Waals surface area contributed by atoms with Gasteiger partial charge in [-0.2, -0.15) is 0 Å². The topological polar surface area (TPSA) is 63.4 Å². The smallest absolute Gasteiger partial charge is 0.272 e. The van der Waals surface area contributed by atoms with Crippen molar-refractivity contribution in [2.24, 2.45) is 0 Å². The first-order chi connectivity index (χ1) is 9.49. The van der Waals surface area contributed by atoms with Crippen LogP contribution in [0.2, 0.25) is 0 Å². The van der Waals surface area contributed by atoms with Crippen molar-refractivity contribution < 1.29 is 10.0 Å². The van der Waals surface area contributed by atoms with Crippen LogP contribution in [0.5, 0.6) is 0 Å². The Bertz CT molecular complexity index is 643. The van der Waals surface area contributed by atoms with Gasteiger partial charge in [-0.1, -0.05) is 46.3 Å². The molecular formula is C15H14BrNO3. The third kappa shape index (κ3) is 3.23. The minimum Gasteiger partial charge on any atom is -0.388 e. The van der Waals surface area contributed by atoms with Gasteiger partial charge in [0.05, 0.1) is 11.0 Å². The molecule has 0 bridgehead atoms. The SMILES string of the molecule is Cc1ccc(C(O)Cc2ccccc2[N+](=O)[O-])cc1Br. The van der Waals surface area contributed by atoms with Crippen molar-refractivity contribution in [1.29, 1.82) is 0 Å². The molecule has 4 nitrogen and oxygen atoms in total. The molecule has 2 aromatic carbocycles. The normalized spacial score (nSPS) is 12.2. The summed E-state index contributed by atoms with van der Waals surface area (Å²) in [7, 11) is 0. The van der Waals surface area contributed by atoms with Crippen molar-refractivity contribution in [3.63, 3.8) is 0 Å². The van der Waals surface area contributed by atoms with E-state index in [0.717, 1.165) is 15.6 Å². The Kier molecular flexibility index (Phi) is 4.52. The number of benzene rings is 2. The lowest BCUT2D eigenvalue weighted by molar-refractivity contribution is -0.385. The van der Waals surface area contributed by atoms with Gasteiger partial charge >= 0.3 is 0 Å². The van der Waals surface area contributed by atoms with E-state index in [0.29, 0.717) is 5.56 Å². The summed E-state index contributed by atoms with van der Waals surface area (Å²) in [6.07, 6.45) is -0.555. The fraction of sp³-hybridized carbons (Fsp3) is 0.200. The first-order valence-electron chi connectivity index (χ1n) is 6.15. The highest BCUT2D eigenvalue weighted by Crippen LogP contribution is 2.27. The van der Waals surface area contributed by atoms with Gasteiger partial charge in [-0.15, -0.1) is 0 Å². The Balaban J connectivity index is 2.25. The summed E-state index contributed by atoms with van der Waals surface area (Å²) in [6, 6.07) is 12.1. The van der Waals surface area contributed by atoms with Gasteiger partial charge in [0.15, 0.2) is 0 Å². The van der Waals surface area contributed by atoms with Crippen LogP contribution in [0.15, 0.2) is 46.9 Å². The van der Waals surface area contributed by atoms with Gasteiger partial charge in [-0.05, 0) is 24.1 Å². The lowest BCUT2D eigenvalue weighted by atomic mass is 9.99. The maximum Gasteiger partial charge on any atom is 0.272 e. The lowest BCUT2D eigenvalue weighted by Crippen LogP contribution is -2.04. The molecule has 104 valence electrons. The minimum atomic E-state index is -0.770. The number of nitrogens with zero attached hydrogens (tertiary/aromatic N) is 1. The van der Waals surface area contributed by atoms with Crippen LogP contribution in [0.1, 0.15) is 22.8 Å². The van der Waals surface area contributed by atoms with E-state index in [9.17, 15) is 15.2 Å². The van der Waals surface area contributed by atoms with E-state index in [1.165, 1.54) is 6.07 Å². The average molecular weight is 336 g/mol. The van der Waals surface area contributed by atoms with Crippen LogP contribution in [0.4, 0.5) is 5.69 Å². The number of para-hydroxylation sites is 1. The van der Waals surface area contributed by atoms with E-state index >= 15 is 0 Å². The number of hydrogen-bond donors (Lipinski definition) is 1. The van der Waals surface area contributed by atoms with E-state index in [1.54, 1.807) is 18.2 Å². The molecule has 5 heteroatoms. The minimum absolute atomic E-state index is 0.0396. The number of hydrogen-bond acceptors (Lipinski definition) is 3. The molecule has 0 aliphatic carbocycles. The number of nitro benzene ring substituents is 1. The second kappa shape index (κ2) is 6.15. The molecule has 0 amide bonds. The van der Waals surface area contributed by atoms with Gasteiger partial charge in [-0.25, -0.2) is 0 Å². The van der Waals surface area contributed by atoms with Crippen molar-refractivity contribution >= 4 is 21.6 Å². The van der Waals surface area contributed by atoms with E-state index < -0.39 is 11.0 Å². The number of aliphatic hydroxyl groups is 1. The quantitative estimate of drug-likeness (QED) is 0.679. The monoisotopic (exact) mass is 335 g/mol. The van der Waals surface area contributed by atoms with Gasteiger partial charge in [0.1, 0.15) is 0 Å². The maximum absolute atomic E-state index is 11.0. The number of nitro groups is 1. The van der Waals surface area contributed by atoms with E-state index in [1.807, 2.05) is 25.1 Å². The van der Waals surface area contributed by atoms with Crippen LogP contribution in [0, 0.1) is 17.0 Å². The number of aliphatic hydroxyl groups excluding tert-OH is 1. The Morgan fingerprint density at radius 3 is 2.65 bits per heavy atom. The molecule has 0 heterocycles. The molecule has 0 aliphatic rings. The van der Waals surface area contributed by atoms with Gasteiger partial charge in [0.25, 0.3) is 5.69 Å². The molecule has 0 spiro atoms. The first-order valence-corrected chi connectivity index (χ1v) is 6.94. The van der Waals surface area contributed by atoms with Crippen molar-refractivity contribution in [2.75, 3.05) is 0 Å². The molecule has 1 unspecified atom stereocenters. The molecule has 0 saturated heterocycles. The highest BCUT2D eigenvalue weighted by molar-refractivity contribution is 9.10. The summed E-state index contributed by atoms with van der Waals surface area (Å²) in [6.45, 7) is 1.96. The molecule has 0 saturated carbocycles. The Hall–Kier alpha value is -1.72. The highest BCUT2D eigenvalue weighted by atomic mass is 79.9. The Morgan fingerprint density at radius 1 is 1.30 bits per heavy atom. The largest absolute Gasteiger partial charge is 0.388 e. The third-order valence-corrected chi connectivity index (χ3v) is 4.04. The maximum atomic E-state index is 11.0. The molecule has 2 aromatic rings. The van der Waals surface area contributed by atoms with E-state index in [2.05, 4.69) is 15.9 Å². The van der Waals surface area contributed by atoms with Gasteiger partial charge in [0.2, 0.25) is 0 Å². The average Bonchev–Trinajstić information content (AvgIpc) is 2.42. The van der Waals surface area contributed by atoms with Crippen molar-refractivity contribution in [2.45, 2.75) is 19.4 Å². The zero-order valence-electron chi connectivity index (χ0n) is 10.9. The zero-order chi connectivity index (χ0) is 14.7. The standard InChI is InChI=1S/C15H14BrNO3/c1-10-6-7-12(8-13(10)16)15(18)9-11-4-2-3-5-14(11)17(19)20/h2-8,15,18H,9H2,1H3. The first kappa shape index (κ1) is 14.7. The predicted octanol–water partition coefficient (Wildman–Crippen LogP) is 3.94. The highest BCUT2D eigenvalue weighted by Gasteiger charge is 2.17. The number of halogens is 1. The fourth-order valence-corrected chi connectivity index (χ4v) is 2.40.